The van der Waals surface area contributed by atoms with Crippen LogP contribution in [0.1, 0.15) is 24.0 Å². The third-order valence-corrected chi connectivity index (χ3v) is 4.84. The molecule has 1 unspecified atom stereocenters. The van der Waals surface area contributed by atoms with Crippen molar-refractivity contribution in [3.05, 3.63) is 35.4 Å². The minimum Gasteiger partial charge on any atom is -0.394 e. The first-order valence-corrected chi connectivity index (χ1v) is 8.81. The zero-order valence-corrected chi connectivity index (χ0v) is 14.0. The maximum atomic E-state index is 12.3. The SMILES string of the molecule is O=C(NCC1Cc2ccccc2CN1)N1CCC(OCCO)CC1. The van der Waals surface area contributed by atoms with Crippen molar-refractivity contribution in [2.24, 2.45) is 0 Å². The molecule has 0 aromatic heterocycles. The van der Waals surface area contributed by atoms with Gasteiger partial charge in [0.15, 0.2) is 0 Å². The van der Waals surface area contributed by atoms with Gasteiger partial charge in [0.05, 0.1) is 19.3 Å². The van der Waals surface area contributed by atoms with Gasteiger partial charge in [-0.1, -0.05) is 24.3 Å². The lowest BCUT2D eigenvalue weighted by atomic mass is 9.96. The van der Waals surface area contributed by atoms with E-state index in [4.69, 9.17) is 9.84 Å². The van der Waals surface area contributed by atoms with Gasteiger partial charge in [0, 0.05) is 32.2 Å². The predicted molar refractivity (Wildman–Crippen MR) is 91.8 cm³/mol. The van der Waals surface area contributed by atoms with E-state index in [1.165, 1.54) is 11.1 Å². The lowest BCUT2D eigenvalue weighted by molar-refractivity contribution is -0.00169. The molecule has 3 N–H and O–H groups in total. The Hall–Kier alpha value is -1.63. The fourth-order valence-corrected chi connectivity index (χ4v) is 3.43. The number of likely N-dealkylation sites (tertiary alicyclic amines) is 1. The number of rotatable bonds is 5. The van der Waals surface area contributed by atoms with Crippen molar-refractivity contribution < 1.29 is 14.6 Å². The number of nitrogens with zero attached hydrogens (tertiary/aromatic N) is 1. The van der Waals surface area contributed by atoms with Gasteiger partial charge in [-0.05, 0) is 30.4 Å². The molecule has 6 nitrogen and oxygen atoms in total. The maximum Gasteiger partial charge on any atom is 0.317 e. The molecule has 132 valence electrons. The number of aliphatic hydroxyl groups is 1. The summed E-state index contributed by atoms with van der Waals surface area (Å²) in [7, 11) is 0. The summed E-state index contributed by atoms with van der Waals surface area (Å²) < 4.78 is 5.53. The third kappa shape index (κ3) is 4.47. The smallest absolute Gasteiger partial charge is 0.317 e. The highest BCUT2D eigenvalue weighted by atomic mass is 16.5. The molecule has 2 aliphatic heterocycles. The van der Waals surface area contributed by atoms with Gasteiger partial charge >= 0.3 is 6.03 Å². The summed E-state index contributed by atoms with van der Waals surface area (Å²) in [5.74, 6) is 0. The lowest BCUT2D eigenvalue weighted by Gasteiger charge is -2.33. The van der Waals surface area contributed by atoms with Gasteiger partial charge in [-0.3, -0.25) is 0 Å². The minimum atomic E-state index is 0.0104. The Labute approximate surface area is 143 Å². The number of carbonyl (C=O) groups is 1. The van der Waals surface area contributed by atoms with E-state index >= 15 is 0 Å². The number of urea groups is 1. The summed E-state index contributed by atoms with van der Waals surface area (Å²) in [5.41, 5.74) is 2.72. The van der Waals surface area contributed by atoms with E-state index in [1.54, 1.807) is 0 Å². The van der Waals surface area contributed by atoms with Crippen molar-refractivity contribution in [1.82, 2.24) is 15.5 Å². The highest BCUT2D eigenvalue weighted by Crippen LogP contribution is 2.16. The van der Waals surface area contributed by atoms with Crippen LogP contribution in [0.15, 0.2) is 24.3 Å². The number of ether oxygens (including phenoxy) is 1. The van der Waals surface area contributed by atoms with Crippen molar-refractivity contribution in [2.75, 3.05) is 32.8 Å². The zero-order valence-electron chi connectivity index (χ0n) is 14.0. The fraction of sp³-hybridized carbons (Fsp3) is 0.611. The number of amides is 2. The first-order valence-electron chi connectivity index (χ1n) is 8.81. The Balaban J connectivity index is 1.39. The number of carbonyl (C=O) groups excluding carboxylic acids is 1. The van der Waals surface area contributed by atoms with Crippen LogP contribution in [0.2, 0.25) is 0 Å². The molecule has 6 heteroatoms. The van der Waals surface area contributed by atoms with E-state index in [2.05, 4.69) is 34.9 Å². The lowest BCUT2D eigenvalue weighted by Crippen LogP contribution is -2.50. The van der Waals surface area contributed by atoms with Crippen LogP contribution in [0.25, 0.3) is 0 Å². The molecule has 1 aromatic rings. The number of fused-ring (bicyclic) bond motifs is 1. The molecule has 1 aromatic carbocycles. The van der Waals surface area contributed by atoms with Crippen LogP contribution < -0.4 is 10.6 Å². The molecule has 1 atom stereocenters. The molecule has 0 radical (unpaired) electrons. The van der Waals surface area contributed by atoms with Crippen molar-refractivity contribution in [3.63, 3.8) is 0 Å². The van der Waals surface area contributed by atoms with Crippen molar-refractivity contribution in [1.29, 1.82) is 0 Å². The summed E-state index contributed by atoms with van der Waals surface area (Å²) in [6, 6.07) is 8.76. The highest BCUT2D eigenvalue weighted by molar-refractivity contribution is 5.74. The number of piperidine rings is 1. The Kier molecular flexibility index (Phi) is 6.07. The van der Waals surface area contributed by atoms with Crippen molar-refractivity contribution in [3.8, 4) is 0 Å². The molecule has 1 fully saturated rings. The average Bonchev–Trinajstić information content (AvgIpc) is 2.64. The molecule has 0 aliphatic carbocycles. The van der Waals surface area contributed by atoms with E-state index in [0.717, 1.165) is 25.8 Å². The summed E-state index contributed by atoms with van der Waals surface area (Å²) in [6.45, 7) is 3.37. The van der Waals surface area contributed by atoms with Crippen molar-refractivity contribution >= 4 is 6.03 Å². The van der Waals surface area contributed by atoms with Crippen molar-refractivity contribution in [2.45, 2.75) is 38.0 Å². The van der Waals surface area contributed by atoms with Gasteiger partial charge in [0.25, 0.3) is 0 Å². The van der Waals surface area contributed by atoms with E-state index in [9.17, 15) is 4.79 Å². The predicted octanol–water partition coefficient (Wildman–Crippen LogP) is 0.884. The van der Waals surface area contributed by atoms with Gasteiger partial charge in [0.1, 0.15) is 0 Å². The topological polar surface area (TPSA) is 73.8 Å². The molecule has 3 rings (SSSR count). The molecule has 0 saturated carbocycles. The second-order valence-electron chi connectivity index (χ2n) is 6.52. The second-order valence-corrected chi connectivity index (χ2v) is 6.52. The highest BCUT2D eigenvalue weighted by Gasteiger charge is 2.24. The van der Waals surface area contributed by atoms with E-state index in [-0.39, 0.29) is 24.8 Å². The van der Waals surface area contributed by atoms with Gasteiger partial charge in [0.2, 0.25) is 0 Å². The molecule has 2 aliphatic rings. The number of benzene rings is 1. The maximum absolute atomic E-state index is 12.3. The number of hydrogen-bond acceptors (Lipinski definition) is 4. The Morgan fingerprint density at radius 3 is 2.79 bits per heavy atom. The van der Waals surface area contributed by atoms with Crippen LogP contribution in [0.5, 0.6) is 0 Å². The molecule has 0 bridgehead atoms. The number of nitrogens with one attached hydrogen (secondary N) is 2. The monoisotopic (exact) mass is 333 g/mol. The first kappa shape index (κ1) is 17.2. The van der Waals surface area contributed by atoms with Crippen LogP contribution >= 0.6 is 0 Å². The standard InChI is InChI=1S/C18H27N3O3/c22-9-10-24-17-5-7-21(8-6-17)18(23)20-13-16-11-14-3-1-2-4-15(14)12-19-16/h1-4,16-17,19,22H,5-13H2,(H,20,23). The Morgan fingerprint density at radius 1 is 1.29 bits per heavy atom. The third-order valence-electron chi connectivity index (χ3n) is 4.84. The summed E-state index contributed by atoms with van der Waals surface area (Å²) in [4.78, 5) is 14.2. The van der Waals surface area contributed by atoms with E-state index < -0.39 is 0 Å². The molecule has 2 heterocycles. The van der Waals surface area contributed by atoms with Crippen LogP contribution in [0.4, 0.5) is 4.79 Å². The van der Waals surface area contributed by atoms with Crippen LogP contribution in [0.3, 0.4) is 0 Å². The number of aliphatic hydroxyl groups excluding tert-OH is 1. The average molecular weight is 333 g/mol. The Morgan fingerprint density at radius 2 is 2.04 bits per heavy atom. The van der Waals surface area contributed by atoms with Crippen LogP contribution in [-0.2, 0) is 17.7 Å². The first-order chi connectivity index (χ1) is 11.8. The summed E-state index contributed by atoms with van der Waals surface area (Å²) >= 11 is 0. The Bertz CT molecular complexity index is 544. The number of hydrogen-bond donors (Lipinski definition) is 3. The van der Waals surface area contributed by atoms with Gasteiger partial charge in [-0.15, -0.1) is 0 Å². The zero-order chi connectivity index (χ0) is 16.8. The quantitative estimate of drug-likeness (QED) is 0.748. The normalized spacial score (nSPS) is 21.4. The summed E-state index contributed by atoms with van der Waals surface area (Å²) in [5, 5.41) is 15.3. The van der Waals surface area contributed by atoms with E-state index in [1.807, 2.05) is 4.90 Å². The van der Waals surface area contributed by atoms with Gasteiger partial charge < -0.3 is 25.4 Å². The molecular formula is C18H27N3O3. The summed E-state index contributed by atoms with van der Waals surface area (Å²) in [6.07, 6.45) is 2.79. The molecule has 0 spiro atoms. The molecular weight excluding hydrogens is 306 g/mol. The second kappa shape index (κ2) is 8.46. The minimum absolute atomic E-state index is 0.0104. The van der Waals surface area contributed by atoms with E-state index in [0.29, 0.717) is 26.2 Å². The fourth-order valence-electron chi connectivity index (χ4n) is 3.43. The molecule has 2 amide bonds. The van der Waals surface area contributed by atoms with Gasteiger partial charge in [-0.25, -0.2) is 4.79 Å². The largest absolute Gasteiger partial charge is 0.394 e. The van der Waals surface area contributed by atoms with Crippen LogP contribution in [0, 0.1) is 0 Å². The van der Waals surface area contributed by atoms with Crippen LogP contribution in [-0.4, -0.2) is 61.0 Å². The molecule has 1 saturated heterocycles. The van der Waals surface area contributed by atoms with Gasteiger partial charge in [-0.2, -0.15) is 0 Å². The molecule has 24 heavy (non-hydrogen) atoms.